The van der Waals surface area contributed by atoms with E-state index in [1.807, 2.05) is 12.4 Å². The average molecular weight is 374 g/mol. The maximum atomic E-state index is 5.50. The van der Waals surface area contributed by atoms with Gasteiger partial charge in [-0.3, -0.25) is 4.98 Å². The van der Waals surface area contributed by atoms with E-state index >= 15 is 0 Å². The maximum Gasteiger partial charge on any atom is 0.188 e. The largest absolute Gasteiger partial charge is 0.381 e. The quantitative estimate of drug-likeness (QED) is 0.864. The van der Waals surface area contributed by atoms with E-state index in [9.17, 15) is 0 Å². The highest BCUT2D eigenvalue weighted by molar-refractivity contribution is 7.15. The second kappa shape index (κ2) is 8.41. The van der Waals surface area contributed by atoms with Crippen molar-refractivity contribution in [1.82, 2.24) is 19.9 Å². The third-order valence-electron chi connectivity index (χ3n) is 5.32. The summed E-state index contributed by atoms with van der Waals surface area (Å²) in [6.45, 7) is 7.37. The lowest BCUT2D eigenvalue weighted by molar-refractivity contribution is 0.0482. The fourth-order valence-electron chi connectivity index (χ4n) is 4.00. The maximum absolute atomic E-state index is 5.50. The van der Waals surface area contributed by atoms with Gasteiger partial charge in [-0.05, 0) is 45.1 Å². The first kappa shape index (κ1) is 17.8. The topological polar surface area (TPSA) is 63.2 Å². The number of piperidine rings is 1. The van der Waals surface area contributed by atoms with Crippen molar-refractivity contribution < 1.29 is 4.74 Å². The molecule has 0 aromatic carbocycles. The lowest BCUT2D eigenvalue weighted by Gasteiger charge is -2.36. The number of hydrogen-bond donors (Lipinski definition) is 1. The van der Waals surface area contributed by atoms with Gasteiger partial charge >= 0.3 is 0 Å². The van der Waals surface area contributed by atoms with Crippen molar-refractivity contribution in [2.75, 3.05) is 38.2 Å². The molecule has 0 radical (unpaired) electrons. The van der Waals surface area contributed by atoms with Gasteiger partial charge in [-0.2, -0.15) is 0 Å². The number of thiazole rings is 1. The molecule has 6 nitrogen and oxygen atoms in total. The van der Waals surface area contributed by atoms with Crippen LogP contribution >= 0.6 is 11.3 Å². The third-order valence-corrected chi connectivity index (χ3v) is 6.15. The molecule has 1 N–H and O–H groups in total. The van der Waals surface area contributed by atoms with Gasteiger partial charge in [0.1, 0.15) is 0 Å². The standard InChI is InChI=1S/C19H27N5OS/c1-14-11-22-19(26-14)23-18-17(20-6-7-21-18)16-3-2-8-24(13-16)12-15-4-9-25-10-5-15/h6-7,11,15-16H,2-5,8-10,12-13H2,1H3,(H,21,22,23)/t16-/m0/s1. The van der Waals surface area contributed by atoms with Crippen molar-refractivity contribution in [3.8, 4) is 0 Å². The summed E-state index contributed by atoms with van der Waals surface area (Å²) in [5.41, 5.74) is 1.08. The fourth-order valence-corrected chi connectivity index (χ4v) is 4.66. The van der Waals surface area contributed by atoms with E-state index in [-0.39, 0.29) is 0 Å². The van der Waals surface area contributed by atoms with Crippen molar-refractivity contribution in [2.45, 2.75) is 38.5 Å². The van der Waals surface area contributed by atoms with Crippen LogP contribution in [0, 0.1) is 12.8 Å². The van der Waals surface area contributed by atoms with Crippen LogP contribution in [0.25, 0.3) is 0 Å². The Morgan fingerprint density at radius 3 is 2.85 bits per heavy atom. The predicted molar refractivity (Wildman–Crippen MR) is 104 cm³/mol. The first-order valence-corrected chi connectivity index (χ1v) is 10.4. The molecule has 0 bridgehead atoms. The van der Waals surface area contributed by atoms with Gasteiger partial charge in [0, 0.05) is 55.7 Å². The second-order valence-electron chi connectivity index (χ2n) is 7.35. The normalized spacial score (nSPS) is 22.4. The number of rotatable bonds is 5. The van der Waals surface area contributed by atoms with Crippen molar-refractivity contribution >= 4 is 22.3 Å². The molecular weight excluding hydrogens is 346 g/mol. The molecule has 2 saturated heterocycles. The van der Waals surface area contributed by atoms with Gasteiger partial charge in [0.25, 0.3) is 0 Å². The van der Waals surface area contributed by atoms with E-state index in [2.05, 4.69) is 27.1 Å². The Kier molecular flexibility index (Phi) is 5.77. The van der Waals surface area contributed by atoms with Crippen molar-refractivity contribution in [1.29, 1.82) is 0 Å². The number of aromatic nitrogens is 3. The number of anilines is 2. The van der Waals surface area contributed by atoms with Gasteiger partial charge in [0.15, 0.2) is 10.9 Å². The van der Waals surface area contributed by atoms with Crippen LogP contribution in [0.15, 0.2) is 18.6 Å². The predicted octanol–water partition coefficient (Wildman–Crippen LogP) is 3.59. The summed E-state index contributed by atoms with van der Waals surface area (Å²) in [5, 5.41) is 4.27. The molecule has 0 saturated carbocycles. The van der Waals surface area contributed by atoms with Crippen LogP contribution in [0.3, 0.4) is 0 Å². The summed E-state index contributed by atoms with van der Waals surface area (Å²) < 4.78 is 5.50. The van der Waals surface area contributed by atoms with Crippen LogP contribution < -0.4 is 5.32 Å². The summed E-state index contributed by atoms with van der Waals surface area (Å²) in [6, 6.07) is 0. The molecular formula is C19H27N5OS. The summed E-state index contributed by atoms with van der Waals surface area (Å²) in [5.74, 6) is 2.07. The van der Waals surface area contributed by atoms with E-state index < -0.39 is 0 Å². The molecule has 0 aliphatic carbocycles. The zero-order valence-corrected chi connectivity index (χ0v) is 16.2. The molecule has 2 aliphatic rings. The summed E-state index contributed by atoms with van der Waals surface area (Å²) in [4.78, 5) is 17.5. The van der Waals surface area contributed by atoms with E-state index in [0.29, 0.717) is 5.92 Å². The Balaban J connectivity index is 1.44. The Morgan fingerprint density at radius 2 is 2.04 bits per heavy atom. The molecule has 0 amide bonds. The van der Waals surface area contributed by atoms with Crippen LogP contribution in [0.2, 0.25) is 0 Å². The Morgan fingerprint density at radius 1 is 1.19 bits per heavy atom. The van der Waals surface area contributed by atoms with E-state index in [1.165, 1.54) is 43.6 Å². The lowest BCUT2D eigenvalue weighted by atomic mass is 9.92. The number of nitrogens with zero attached hydrogens (tertiary/aromatic N) is 4. The first-order valence-electron chi connectivity index (χ1n) is 9.58. The minimum atomic E-state index is 0.431. The SMILES string of the molecule is Cc1cnc(Nc2nccnc2[C@H]2CCCN(CC3CCOCC3)C2)s1. The Bertz CT molecular complexity index is 715. The highest BCUT2D eigenvalue weighted by Gasteiger charge is 2.27. The lowest BCUT2D eigenvalue weighted by Crippen LogP contribution is -2.39. The van der Waals surface area contributed by atoms with Gasteiger partial charge < -0.3 is 15.0 Å². The van der Waals surface area contributed by atoms with Crippen LogP contribution in [-0.2, 0) is 4.74 Å². The minimum absolute atomic E-state index is 0.431. The highest BCUT2D eigenvalue weighted by atomic mass is 32.1. The molecule has 1 atom stereocenters. The molecule has 0 spiro atoms. The third kappa shape index (κ3) is 4.39. The van der Waals surface area contributed by atoms with Crippen molar-refractivity contribution in [3.05, 3.63) is 29.2 Å². The van der Waals surface area contributed by atoms with Gasteiger partial charge in [0.2, 0.25) is 0 Å². The zero-order chi connectivity index (χ0) is 17.8. The van der Waals surface area contributed by atoms with Crippen molar-refractivity contribution in [2.24, 2.45) is 5.92 Å². The smallest absolute Gasteiger partial charge is 0.188 e. The summed E-state index contributed by atoms with van der Waals surface area (Å²) in [6.07, 6.45) is 10.2. The van der Waals surface area contributed by atoms with Crippen LogP contribution in [0.1, 0.15) is 42.2 Å². The van der Waals surface area contributed by atoms with Crippen LogP contribution in [-0.4, -0.2) is 52.7 Å². The average Bonchev–Trinajstić information content (AvgIpc) is 3.08. The van der Waals surface area contributed by atoms with Crippen molar-refractivity contribution in [3.63, 3.8) is 0 Å². The van der Waals surface area contributed by atoms with E-state index in [1.54, 1.807) is 17.5 Å². The van der Waals surface area contributed by atoms with E-state index in [4.69, 9.17) is 9.72 Å². The summed E-state index contributed by atoms with van der Waals surface area (Å²) in [7, 11) is 0. The molecule has 2 aromatic heterocycles. The number of aryl methyl sites for hydroxylation is 1. The first-order chi connectivity index (χ1) is 12.8. The van der Waals surface area contributed by atoms with Gasteiger partial charge in [-0.15, -0.1) is 11.3 Å². The molecule has 0 unspecified atom stereocenters. The van der Waals surface area contributed by atoms with Crippen LogP contribution in [0.4, 0.5) is 10.9 Å². The zero-order valence-electron chi connectivity index (χ0n) is 15.4. The fraction of sp³-hybridized carbons (Fsp3) is 0.632. The molecule has 140 valence electrons. The van der Waals surface area contributed by atoms with Gasteiger partial charge in [0.05, 0.1) is 5.69 Å². The molecule has 2 aromatic rings. The molecule has 7 heteroatoms. The van der Waals surface area contributed by atoms with Gasteiger partial charge in [-0.25, -0.2) is 9.97 Å². The Hall–Kier alpha value is -1.57. The molecule has 4 heterocycles. The van der Waals surface area contributed by atoms with Crippen LogP contribution in [0.5, 0.6) is 0 Å². The number of hydrogen-bond acceptors (Lipinski definition) is 7. The number of ether oxygens (including phenoxy) is 1. The van der Waals surface area contributed by atoms with E-state index in [0.717, 1.165) is 42.3 Å². The number of nitrogens with one attached hydrogen (secondary N) is 1. The number of likely N-dealkylation sites (tertiary alicyclic amines) is 1. The minimum Gasteiger partial charge on any atom is -0.381 e. The molecule has 2 aliphatic heterocycles. The second-order valence-corrected chi connectivity index (χ2v) is 8.58. The monoisotopic (exact) mass is 373 g/mol. The summed E-state index contributed by atoms with van der Waals surface area (Å²) >= 11 is 1.65. The molecule has 2 fully saturated rings. The molecule has 4 rings (SSSR count). The van der Waals surface area contributed by atoms with Gasteiger partial charge in [-0.1, -0.05) is 0 Å². The highest BCUT2D eigenvalue weighted by Crippen LogP contribution is 2.32. The molecule has 26 heavy (non-hydrogen) atoms. The Labute approximate surface area is 159 Å².